The van der Waals surface area contributed by atoms with Crippen molar-refractivity contribution in [2.75, 3.05) is 7.05 Å². The minimum Gasteiger partial charge on any atom is -0.545 e. The van der Waals surface area contributed by atoms with Gasteiger partial charge in [0.05, 0.1) is 5.97 Å². The Morgan fingerprint density at radius 1 is 1.38 bits per heavy atom. The van der Waals surface area contributed by atoms with Gasteiger partial charge in [-0.2, -0.15) is 21.6 Å². The molecule has 2 rings (SSSR count). The quantitative estimate of drug-likeness (QED) is 0.365. The fraction of sp³-hybridized carbons (Fsp3) is 0.700. The molecule has 1 fully saturated rings. The van der Waals surface area contributed by atoms with Gasteiger partial charge in [0.25, 0.3) is 0 Å². The Bertz CT molecular complexity index is 574. The number of nitrogens with zero attached hydrogens (tertiary/aromatic N) is 1. The molecule has 0 N–H and O–H groups in total. The second kappa shape index (κ2) is 6.56. The summed E-state index contributed by atoms with van der Waals surface area (Å²) < 4.78 is 62.9. The van der Waals surface area contributed by atoms with Crippen LogP contribution in [0.1, 0.15) is 19.3 Å². The van der Waals surface area contributed by atoms with Gasteiger partial charge in [-0.05, 0) is 19.9 Å². The van der Waals surface area contributed by atoms with E-state index >= 15 is 0 Å². The Morgan fingerprint density at radius 2 is 1.95 bits per heavy atom. The zero-order valence-corrected chi connectivity index (χ0v) is 17.0. The van der Waals surface area contributed by atoms with Crippen LogP contribution in [-0.2, 0) is 19.1 Å². The Morgan fingerprint density at radius 3 is 2.43 bits per heavy atom. The number of carboxylic acid groups (broad SMARTS) is 1. The van der Waals surface area contributed by atoms with Crippen LogP contribution in [0.2, 0.25) is 0 Å². The predicted octanol–water partition coefficient (Wildman–Crippen LogP) is -3.27. The van der Waals surface area contributed by atoms with Gasteiger partial charge in [-0.25, -0.2) is 0 Å². The Labute approximate surface area is 168 Å². The molecule has 0 amide bonds. The number of likely N-dealkylation sites (N-methyl/N-ethyl adjacent to an activating group) is 1. The van der Waals surface area contributed by atoms with Gasteiger partial charge in [0.1, 0.15) is 5.76 Å². The molecule has 0 aromatic heterocycles. The zero-order chi connectivity index (χ0) is 15.3. The molecule has 2 aliphatic rings. The van der Waals surface area contributed by atoms with Crippen molar-refractivity contribution in [3.63, 3.8) is 0 Å². The Kier molecular flexibility index (Phi) is 6.11. The molecule has 2 atom stereocenters. The van der Waals surface area contributed by atoms with E-state index in [0.717, 1.165) is 0 Å². The molecule has 21 heavy (non-hydrogen) atoms. The van der Waals surface area contributed by atoms with Crippen LogP contribution in [0.25, 0.3) is 0 Å². The number of hydrogen-bond donors (Lipinski definition) is 0. The number of aliphatic carboxylic acids is 1. The van der Waals surface area contributed by atoms with E-state index in [1.807, 2.05) is 0 Å². The average molecular weight is 400 g/mol. The largest absolute Gasteiger partial charge is 1.00 e. The number of carbonyl (C=O) groups is 1. The molecule has 0 aromatic carbocycles. The first-order chi connectivity index (χ1) is 9.04. The third kappa shape index (κ3) is 3.71. The molecule has 1 saturated heterocycles. The number of hydrogen-bond acceptors (Lipinski definition) is 6. The number of rotatable bonds is 3. The van der Waals surface area contributed by atoms with E-state index < -0.39 is 39.0 Å². The van der Waals surface area contributed by atoms with Gasteiger partial charge < -0.3 is 14.1 Å². The topological polar surface area (TPSA) is 86.7 Å². The molecular formula is C10H11F3NO5RbS. The van der Waals surface area contributed by atoms with Crippen molar-refractivity contribution < 1.29 is 93.9 Å². The third-order valence-corrected chi connectivity index (χ3v) is 4.60. The molecule has 0 saturated carbocycles. The van der Waals surface area contributed by atoms with Crippen molar-refractivity contribution in [3.8, 4) is 0 Å². The Hall–Kier alpha value is 0.515. The SMILES string of the molecule is CN1C2CCC1C(C(=O)[O-])=C(OS(=O)(=O)C(F)(F)F)C2.[Rb+]. The summed E-state index contributed by atoms with van der Waals surface area (Å²) in [6.07, 6.45) is 0.756. The van der Waals surface area contributed by atoms with Gasteiger partial charge >= 0.3 is 73.8 Å². The standard InChI is InChI=1S/C10H12F3NO5S.Rb/c1-14-5-2-3-6(14)8(9(15)16)7(4-5)19-20(17,18)10(11,12)13;/h5-6H,2-4H2,1H3,(H,15,16);/q;+1/p-1. The second-order valence-electron chi connectivity index (χ2n) is 4.72. The van der Waals surface area contributed by atoms with E-state index in [-0.39, 0.29) is 70.7 Å². The first-order valence-corrected chi connectivity index (χ1v) is 7.12. The number of fused-ring (bicyclic) bond motifs is 2. The third-order valence-electron chi connectivity index (χ3n) is 3.61. The summed E-state index contributed by atoms with van der Waals surface area (Å²) in [5.74, 6) is -2.39. The number of carbonyl (C=O) groups excluding carboxylic acids is 1. The maximum atomic E-state index is 12.3. The number of halogens is 3. The average Bonchev–Trinajstić information content (AvgIpc) is 2.53. The summed E-state index contributed by atoms with van der Waals surface area (Å²) in [7, 11) is -4.24. The van der Waals surface area contributed by atoms with E-state index in [4.69, 9.17) is 0 Å². The molecule has 2 bridgehead atoms. The summed E-state index contributed by atoms with van der Waals surface area (Å²) >= 11 is 0. The van der Waals surface area contributed by atoms with E-state index in [9.17, 15) is 31.5 Å². The summed E-state index contributed by atoms with van der Waals surface area (Å²) in [6, 6.07) is -0.918. The molecule has 6 nitrogen and oxygen atoms in total. The molecule has 11 heteroatoms. The number of alkyl halides is 3. The zero-order valence-electron chi connectivity index (χ0n) is 11.3. The van der Waals surface area contributed by atoms with Gasteiger partial charge in [0.15, 0.2) is 0 Å². The molecule has 2 unspecified atom stereocenters. The molecule has 0 aromatic rings. The van der Waals surface area contributed by atoms with Crippen molar-refractivity contribution in [2.45, 2.75) is 36.9 Å². The molecule has 2 aliphatic heterocycles. The normalized spacial score (nSPS) is 26.5. The Balaban J connectivity index is 0.00000220. The van der Waals surface area contributed by atoms with Crippen LogP contribution < -0.4 is 63.3 Å². The minimum atomic E-state index is -5.87. The second-order valence-corrected chi connectivity index (χ2v) is 6.26. The summed E-state index contributed by atoms with van der Waals surface area (Å²) in [6.45, 7) is 0. The van der Waals surface area contributed by atoms with Crippen molar-refractivity contribution >= 4 is 16.1 Å². The van der Waals surface area contributed by atoms with E-state index in [1.165, 1.54) is 0 Å². The predicted molar refractivity (Wildman–Crippen MR) is 57.3 cm³/mol. The van der Waals surface area contributed by atoms with Crippen LogP contribution in [-0.4, -0.2) is 43.9 Å². The van der Waals surface area contributed by atoms with Crippen molar-refractivity contribution in [2.24, 2.45) is 0 Å². The van der Waals surface area contributed by atoms with Crippen LogP contribution in [0.4, 0.5) is 13.2 Å². The van der Waals surface area contributed by atoms with Gasteiger partial charge in [0.2, 0.25) is 0 Å². The van der Waals surface area contributed by atoms with Gasteiger partial charge in [-0.3, -0.25) is 4.90 Å². The monoisotopic (exact) mass is 399 g/mol. The maximum absolute atomic E-state index is 12.3. The first kappa shape index (κ1) is 19.6. The minimum absolute atomic E-state index is 0. The van der Waals surface area contributed by atoms with Gasteiger partial charge in [0, 0.05) is 24.1 Å². The summed E-state index contributed by atoms with van der Waals surface area (Å²) in [4.78, 5) is 12.8. The molecule has 2 heterocycles. The van der Waals surface area contributed by atoms with Crippen molar-refractivity contribution in [3.05, 3.63) is 11.3 Å². The fourth-order valence-electron chi connectivity index (χ4n) is 2.62. The first-order valence-electron chi connectivity index (χ1n) is 5.71. The summed E-state index contributed by atoms with van der Waals surface area (Å²) in [5.41, 5.74) is -6.12. The van der Waals surface area contributed by atoms with Gasteiger partial charge in [-0.1, -0.05) is 0 Å². The molecule has 0 aliphatic carbocycles. The van der Waals surface area contributed by atoms with Crippen LogP contribution in [0.5, 0.6) is 0 Å². The summed E-state index contributed by atoms with van der Waals surface area (Å²) in [5, 5.41) is 11.1. The molecule has 0 spiro atoms. The fourth-order valence-corrected chi connectivity index (χ4v) is 3.14. The molecule has 114 valence electrons. The number of carboxylic acids is 1. The van der Waals surface area contributed by atoms with E-state index in [0.29, 0.717) is 12.8 Å². The molecular weight excluding hydrogens is 389 g/mol. The smallest absolute Gasteiger partial charge is 0.545 e. The van der Waals surface area contributed by atoms with Crippen LogP contribution in [0.3, 0.4) is 0 Å². The van der Waals surface area contributed by atoms with E-state index in [1.54, 1.807) is 11.9 Å². The molecule has 0 radical (unpaired) electrons. The maximum Gasteiger partial charge on any atom is 1.00 e. The van der Waals surface area contributed by atoms with Crippen molar-refractivity contribution in [1.29, 1.82) is 0 Å². The van der Waals surface area contributed by atoms with Crippen LogP contribution in [0.15, 0.2) is 11.3 Å². The van der Waals surface area contributed by atoms with Crippen LogP contribution >= 0.6 is 0 Å². The van der Waals surface area contributed by atoms with Crippen molar-refractivity contribution in [1.82, 2.24) is 4.90 Å². The van der Waals surface area contributed by atoms with E-state index in [2.05, 4.69) is 4.18 Å². The van der Waals surface area contributed by atoms with Gasteiger partial charge in [-0.15, -0.1) is 0 Å². The van der Waals surface area contributed by atoms with Crippen LogP contribution in [0, 0.1) is 0 Å².